The molecule has 31 heavy (non-hydrogen) atoms. The molecule has 1 heterocycles. The molecule has 4 rings (SSSR count). The Hall–Kier alpha value is -2.55. The quantitative estimate of drug-likeness (QED) is 0.550. The first-order valence-corrected chi connectivity index (χ1v) is 11.9. The van der Waals surface area contributed by atoms with E-state index >= 15 is 0 Å². The van der Waals surface area contributed by atoms with E-state index < -0.39 is 10.0 Å². The van der Waals surface area contributed by atoms with Gasteiger partial charge < -0.3 is 10.3 Å². The number of nitrogens with two attached hydrogens (primary N) is 1. The van der Waals surface area contributed by atoms with Crippen molar-refractivity contribution in [1.29, 1.82) is 0 Å². The van der Waals surface area contributed by atoms with E-state index in [9.17, 15) is 12.8 Å². The smallest absolute Gasteiger partial charge is 0.240 e. The summed E-state index contributed by atoms with van der Waals surface area (Å²) in [7, 11) is -3.50. The number of imidazole rings is 1. The number of hydrogen-bond acceptors (Lipinski definition) is 4. The maximum absolute atomic E-state index is 14.3. The third-order valence-electron chi connectivity index (χ3n) is 5.35. The number of sulfonamides is 1. The van der Waals surface area contributed by atoms with E-state index in [1.165, 1.54) is 6.08 Å². The second-order valence-corrected chi connectivity index (χ2v) is 9.90. The number of nitrogens with one attached hydrogen (secondary N) is 1. The summed E-state index contributed by atoms with van der Waals surface area (Å²) in [6, 6.07) is 12.6. The van der Waals surface area contributed by atoms with Crippen LogP contribution in [0, 0.1) is 0 Å². The van der Waals surface area contributed by atoms with Gasteiger partial charge in [-0.05, 0) is 42.7 Å². The highest BCUT2D eigenvalue weighted by molar-refractivity contribution is 7.89. The first kappa shape index (κ1) is 21.7. The summed E-state index contributed by atoms with van der Waals surface area (Å²) >= 11 is 0. The van der Waals surface area contributed by atoms with E-state index in [4.69, 9.17) is 10.7 Å². The summed E-state index contributed by atoms with van der Waals surface area (Å²) in [4.78, 5) is 5.08. The van der Waals surface area contributed by atoms with Crippen LogP contribution in [0.4, 0.5) is 4.39 Å². The summed E-state index contributed by atoms with van der Waals surface area (Å²) in [6.45, 7) is 4.27. The molecular weight excluding hydrogens is 415 g/mol. The molecule has 1 fully saturated rings. The van der Waals surface area contributed by atoms with Crippen LogP contribution in [0.1, 0.15) is 38.4 Å². The van der Waals surface area contributed by atoms with Gasteiger partial charge in [0.05, 0.1) is 22.5 Å². The van der Waals surface area contributed by atoms with Gasteiger partial charge in [0.15, 0.2) is 0 Å². The van der Waals surface area contributed by atoms with Crippen molar-refractivity contribution in [2.24, 2.45) is 5.73 Å². The number of rotatable bonds is 8. The zero-order valence-corrected chi connectivity index (χ0v) is 18.5. The van der Waals surface area contributed by atoms with E-state index in [0.717, 1.165) is 40.8 Å². The lowest BCUT2D eigenvalue weighted by atomic mass is 10.0. The highest BCUT2D eigenvalue weighted by Crippen LogP contribution is 2.32. The van der Waals surface area contributed by atoms with Crippen molar-refractivity contribution in [1.82, 2.24) is 14.3 Å². The maximum atomic E-state index is 14.3. The number of fused-ring (bicyclic) bond motifs is 1. The number of hydrogen-bond donors (Lipinski definition) is 2. The number of halogens is 1. The minimum atomic E-state index is -3.50. The number of allylic oxidation sites excluding steroid dienone is 1. The van der Waals surface area contributed by atoms with Crippen molar-refractivity contribution < 1.29 is 12.8 Å². The molecule has 3 aromatic rings. The SMILES string of the molecule is CC(C)c1nc2c(-c3ccc(S(=O)(=O)NC4CC4)cc3)cccc2n1C/C(F)=C/CN. The zero-order chi connectivity index (χ0) is 22.2. The molecular formula is C23H27FN4O2S. The minimum absolute atomic E-state index is 0.0607. The lowest BCUT2D eigenvalue weighted by Gasteiger charge is -2.10. The van der Waals surface area contributed by atoms with Gasteiger partial charge >= 0.3 is 0 Å². The van der Waals surface area contributed by atoms with E-state index in [-0.39, 0.29) is 35.8 Å². The predicted octanol–water partition coefficient (Wildman–Crippen LogP) is 4.08. The van der Waals surface area contributed by atoms with Crippen LogP contribution in [0.15, 0.2) is 59.3 Å². The number of benzene rings is 2. The number of aromatic nitrogens is 2. The van der Waals surface area contributed by atoms with Gasteiger partial charge in [-0.2, -0.15) is 0 Å². The predicted molar refractivity (Wildman–Crippen MR) is 121 cm³/mol. The molecule has 0 unspecified atom stereocenters. The molecule has 3 N–H and O–H groups in total. The van der Waals surface area contributed by atoms with Crippen molar-refractivity contribution in [3.8, 4) is 11.1 Å². The van der Waals surface area contributed by atoms with Crippen molar-refractivity contribution >= 4 is 21.1 Å². The fraction of sp³-hybridized carbons (Fsp3) is 0.348. The molecule has 0 atom stereocenters. The average Bonchev–Trinajstić information content (AvgIpc) is 3.46. The second kappa shape index (κ2) is 8.53. The van der Waals surface area contributed by atoms with E-state index in [1.54, 1.807) is 24.3 Å². The minimum Gasteiger partial charge on any atom is -0.327 e. The fourth-order valence-corrected chi connectivity index (χ4v) is 4.96. The normalized spacial score (nSPS) is 15.2. The molecule has 6 nitrogen and oxygen atoms in total. The Kier molecular flexibility index (Phi) is 5.96. The number of para-hydroxylation sites is 1. The summed E-state index contributed by atoms with van der Waals surface area (Å²) in [5.74, 6) is 0.592. The van der Waals surface area contributed by atoms with Gasteiger partial charge in [0, 0.05) is 24.1 Å². The molecule has 2 aromatic carbocycles. The van der Waals surface area contributed by atoms with E-state index in [2.05, 4.69) is 4.72 Å². The molecule has 8 heteroatoms. The monoisotopic (exact) mass is 442 g/mol. The van der Waals surface area contributed by atoms with Gasteiger partial charge in [-0.3, -0.25) is 0 Å². The van der Waals surface area contributed by atoms with Crippen LogP contribution in [0.2, 0.25) is 0 Å². The Labute approximate surface area is 182 Å². The Morgan fingerprint density at radius 1 is 1.26 bits per heavy atom. The van der Waals surface area contributed by atoms with Crippen molar-refractivity contribution in [3.63, 3.8) is 0 Å². The topological polar surface area (TPSA) is 90.0 Å². The van der Waals surface area contributed by atoms with Crippen LogP contribution in [-0.4, -0.2) is 30.6 Å². The molecule has 0 aliphatic heterocycles. The van der Waals surface area contributed by atoms with Crippen LogP contribution in [0.3, 0.4) is 0 Å². The number of nitrogens with zero attached hydrogens (tertiary/aromatic N) is 2. The second-order valence-electron chi connectivity index (χ2n) is 8.19. The third-order valence-corrected chi connectivity index (χ3v) is 6.88. The Morgan fingerprint density at radius 2 is 1.97 bits per heavy atom. The van der Waals surface area contributed by atoms with Crippen molar-refractivity contribution in [2.75, 3.05) is 6.54 Å². The van der Waals surface area contributed by atoms with Gasteiger partial charge in [-0.25, -0.2) is 22.5 Å². The van der Waals surface area contributed by atoms with Gasteiger partial charge in [0.1, 0.15) is 11.7 Å². The molecule has 0 radical (unpaired) electrons. The van der Waals surface area contributed by atoms with Gasteiger partial charge in [-0.15, -0.1) is 0 Å². The third kappa shape index (κ3) is 4.56. The van der Waals surface area contributed by atoms with Crippen LogP contribution >= 0.6 is 0 Å². The van der Waals surface area contributed by atoms with Crippen LogP contribution < -0.4 is 10.5 Å². The molecule has 0 spiro atoms. The molecule has 0 amide bonds. The molecule has 164 valence electrons. The lowest BCUT2D eigenvalue weighted by molar-refractivity contribution is 0.541. The van der Waals surface area contributed by atoms with Crippen molar-refractivity contribution in [3.05, 3.63) is 60.2 Å². The largest absolute Gasteiger partial charge is 0.327 e. The molecule has 1 aromatic heterocycles. The fourth-order valence-electron chi connectivity index (χ4n) is 3.65. The van der Waals surface area contributed by atoms with Crippen LogP contribution in [0.25, 0.3) is 22.2 Å². The molecule has 0 bridgehead atoms. The summed E-state index contributed by atoms with van der Waals surface area (Å²) in [5.41, 5.74) is 8.77. The average molecular weight is 443 g/mol. The summed E-state index contributed by atoms with van der Waals surface area (Å²) < 4.78 is 43.7. The summed E-state index contributed by atoms with van der Waals surface area (Å²) in [5, 5.41) is 0. The molecule has 1 saturated carbocycles. The van der Waals surface area contributed by atoms with E-state index in [0.29, 0.717) is 0 Å². The van der Waals surface area contributed by atoms with Gasteiger partial charge in [0.25, 0.3) is 0 Å². The maximum Gasteiger partial charge on any atom is 0.240 e. The molecule has 1 aliphatic rings. The first-order chi connectivity index (χ1) is 14.8. The zero-order valence-electron chi connectivity index (χ0n) is 17.7. The van der Waals surface area contributed by atoms with Gasteiger partial charge in [-0.1, -0.05) is 38.1 Å². The molecule has 0 saturated heterocycles. The lowest BCUT2D eigenvalue weighted by Crippen LogP contribution is -2.25. The standard InChI is InChI=1S/C23H27FN4O2S/c1-15(2)23-26-22-20(4-3-5-21(22)28(23)14-17(24)12-13-25)16-6-10-19(11-7-16)31(29,30)27-18-8-9-18/h3-7,10-12,15,18,27H,8-9,13-14,25H2,1-2H3/b17-12-. The van der Waals surface area contributed by atoms with Crippen LogP contribution in [-0.2, 0) is 16.6 Å². The summed E-state index contributed by atoms with van der Waals surface area (Å²) in [6.07, 6.45) is 3.15. The highest BCUT2D eigenvalue weighted by Gasteiger charge is 2.28. The Balaban J connectivity index is 1.75. The van der Waals surface area contributed by atoms with Gasteiger partial charge in [0.2, 0.25) is 10.0 Å². The first-order valence-electron chi connectivity index (χ1n) is 10.5. The Bertz CT molecular complexity index is 1230. The van der Waals surface area contributed by atoms with Crippen LogP contribution in [0.5, 0.6) is 0 Å². The Morgan fingerprint density at radius 3 is 2.58 bits per heavy atom. The van der Waals surface area contributed by atoms with E-state index in [1.807, 2.05) is 36.6 Å². The highest BCUT2D eigenvalue weighted by atomic mass is 32.2. The van der Waals surface area contributed by atoms with Crippen molar-refractivity contribution in [2.45, 2.75) is 50.1 Å². The molecule has 1 aliphatic carbocycles.